The summed E-state index contributed by atoms with van der Waals surface area (Å²) in [7, 11) is 1.94. The van der Waals surface area contributed by atoms with E-state index in [-0.39, 0.29) is 0 Å². The fraction of sp³-hybridized carbons (Fsp3) is 0.600. The highest BCUT2D eigenvalue weighted by Crippen LogP contribution is 2.28. The fourth-order valence-electron chi connectivity index (χ4n) is 1.74. The first-order valence-electron chi connectivity index (χ1n) is 6.64. The van der Waals surface area contributed by atoms with Gasteiger partial charge in [-0.2, -0.15) is 0 Å². The van der Waals surface area contributed by atoms with Crippen molar-refractivity contribution in [1.82, 2.24) is 5.32 Å². The molecular formula is C15H24ClNO. The Hall–Kier alpha value is -0.730. The van der Waals surface area contributed by atoms with E-state index in [2.05, 4.69) is 32.2 Å². The Morgan fingerprint density at radius 2 is 2.00 bits per heavy atom. The second kappa shape index (κ2) is 7.65. The molecule has 0 aliphatic heterocycles. The fourth-order valence-corrected chi connectivity index (χ4v) is 1.99. The van der Waals surface area contributed by atoms with E-state index in [1.165, 1.54) is 12.0 Å². The van der Waals surface area contributed by atoms with Crippen molar-refractivity contribution in [2.75, 3.05) is 13.7 Å². The molecule has 1 aromatic carbocycles. The van der Waals surface area contributed by atoms with Crippen molar-refractivity contribution >= 4 is 11.6 Å². The summed E-state index contributed by atoms with van der Waals surface area (Å²) in [6.07, 6.45) is 2.26. The van der Waals surface area contributed by atoms with Gasteiger partial charge in [-0.3, -0.25) is 0 Å². The molecule has 102 valence electrons. The van der Waals surface area contributed by atoms with E-state index in [1.54, 1.807) is 0 Å². The smallest absolute Gasteiger partial charge is 0.137 e. The van der Waals surface area contributed by atoms with Crippen molar-refractivity contribution in [3.8, 4) is 5.75 Å². The molecule has 0 amide bonds. The summed E-state index contributed by atoms with van der Waals surface area (Å²) < 4.78 is 5.70. The number of ether oxygens (including phenoxy) is 1. The highest BCUT2D eigenvalue weighted by molar-refractivity contribution is 6.32. The third kappa shape index (κ3) is 4.87. The molecule has 0 radical (unpaired) electrons. The zero-order chi connectivity index (χ0) is 13.5. The lowest BCUT2D eigenvalue weighted by Gasteiger charge is -2.13. The number of hydrogen-bond acceptors (Lipinski definition) is 2. The molecule has 0 fully saturated rings. The number of hydrogen-bond donors (Lipinski definition) is 1. The van der Waals surface area contributed by atoms with E-state index in [0.29, 0.717) is 11.1 Å². The van der Waals surface area contributed by atoms with E-state index < -0.39 is 0 Å². The first-order chi connectivity index (χ1) is 8.54. The van der Waals surface area contributed by atoms with E-state index in [4.69, 9.17) is 16.3 Å². The van der Waals surface area contributed by atoms with Crippen molar-refractivity contribution in [2.45, 2.75) is 39.7 Å². The molecule has 1 rings (SSSR count). The number of halogens is 1. The maximum atomic E-state index is 6.22. The second-order valence-corrected chi connectivity index (χ2v) is 5.49. The lowest BCUT2D eigenvalue weighted by Crippen LogP contribution is -2.12. The average molecular weight is 270 g/mol. The first kappa shape index (κ1) is 15.3. The molecule has 1 unspecified atom stereocenters. The molecule has 1 aromatic rings. The van der Waals surface area contributed by atoms with Gasteiger partial charge in [0.25, 0.3) is 0 Å². The predicted molar refractivity (Wildman–Crippen MR) is 78.5 cm³/mol. The highest BCUT2D eigenvalue weighted by Gasteiger charge is 2.07. The molecule has 0 aromatic heterocycles. The van der Waals surface area contributed by atoms with Crippen LogP contribution in [-0.2, 0) is 0 Å². The van der Waals surface area contributed by atoms with Crippen LogP contribution in [0.5, 0.6) is 5.75 Å². The Labute approximate surface area is 116 Å². The van der Waals surface area contributed by atoms with Crippen LogP contribution in [0.2, 0.25) is 5.02 Å². The molecule has 2 nitrogen and oxygen atoms in total. The van der Waals surface area contributed by atoms with Crippen LogP contribution in [0.15, 0.2) is 18.2 Å². The van der Waals surface area contributed by atoms with Gasteiger partial charge in [0.1, 0.15) is 5.75 Å². The molecule has 3 heteroatoms. The van der Waals surface area contributed by atoms with Crippen molar-refractivity contribution in [2.24, 2.45) is 5.92 Å². The van der Waals surface area contributed by atoms with Crippen molar-refractivity contribution in [3.05, 3.63) is 28.8 Å². The van der Waals surface area contributed by atoms with Gasteiger partial charge in [0.05, 0.1) is 11.6 Å². The van der Waals surface area contributed by atoms with E-state index >= 15 is 0 Å². The molecule has 0 saturated heterocycles. The minimum Gasteiger partial charge on any atom is -0.492 e. The summed E-state index contributed by atoms with van der Waals surface area (Å²) in [6.45, 7) is 7.29. The molecular weight excluding hydrogens is 246 g/mol. The van der Waals surface area contributed by atoms with Crippen molar-refractivity contribution in [3.63, 3.8) is 0 Å². The van der Waals surface area contributed by atoms with Crippen LogP contribution in [0.1, 0.15) is 45.2 Å². The topological polar surface area (TPSA) is 21.3 Å². The SMILES string of the molecule is CNC(C)c1ccc(OCCCC(C)C)c(Cl)c1. The van der Waals surface area contributed by atoms with Gasteiger partial charge in [-0.1, -0.05) is 31.5 Å². The standard InChI is InChI=1S/C15H24ClNO/c1-11(2)6-5-9-18-15-8-7-13(10-14(15)16)12(3)17-4/h7-8,10-12,17H,5-6,9H2,1-4H3. The van der Waals surface area contributed by atoms with Gasteiger partial charge >= 0.3 is 0 Å². The lowest BCUT2D eigenvalue weighted by molar-refractivity contribution is 0.298. The Morgan fingerprint density at radius 3 is 2.56 bits per heavy atom. The van der Waals surface area contributed by atoms with Crippen LogP contribution >= 0.6 is 11.6 Å². The Bertz CT molecular complexity index is 366. The molecule has 0 spiro atoms. The van der Waals surface area contributed by atoms with Crippen LogP contribution in [0.25, 0.3) is 0 Å². The molecule has 1 N–H and O–H groups in total. The molecule has 1 atom stereocenters. The van der Waals surface area contributed by atoms with Gasteiger partial charge in [0.15, 0.2) is 0 Å². The largest absolute Gasteiger partial charge is 0.492 e. The van der Waals surface area contributed by atoms with E-state index in [0.717, 1.165) is 24.7 Å². The van der Waals surface area contributed by atoms with E-state index in [1.807, 2.05) is 19.2 Å². The van der Waals surface area contributed by atoms with Crippen LogP contribution in [0.4, 0.5) is 0 Å². The third-order valence-electron chi connectivity index (χ3n) is 3.07. The predicted octanol–water partition coefficient (Wildman–Crippen LogP) is 4.44. The normalized spacial score (nSPS) is 12.8. The lowest BCUT2D eigenvalue weighted by atomic mass is 10.1. The average Bonchev–Trinajstić information content (AvgIpc) is 2.34. The van der Waals surface area contributed by atoms with Gasteiger partial charge in [-0.05, 0) is 50.4 Å². The summed E-state index contributed by atoms with van der Waals surface area (Å²) in [5.74, 6) is 1.51. The number of nitrogens with one attached hydrogen (secondary N) is 1. The molecule has 0 aliphatic carbocycles. The first-order valence-corrected chi connectivity index (χ1v) is 7.02. The molecule has 18 heavy (non-hydrogen) atoms. The van der Waals surface area contributed by atoms with Crippen LogP contribution in [0, 0.1) is 5.92 Å². The van der Waals surface area contributed by atoms with Crippen LogP contribution < -0.4 is 10.1 Å². The quantitative estimate of drug-likeness (QED) is 0.739. The van der Waals surface area contributed by atoms with Crippen molar-refractivity contribution in [1.29, 1.82) is 0 Å². The van der Waals surface area contributed by atoms with Crippen molar-refractivity contribution < 1.29 is 4.74 Å². The molecule has 0 aliphatic rings. The van der Waals surface area contributed by atoms with Gasteiger partial charge in [-0.25, -0.2) is 0 Å². The summed E-state index contributed by atoms with van der Waals surface area (Å²) >= 11 is 6.22. The number of rotatable bonds is 7. The minimum absolute atomic E-state index is 0.303. The summed E-state index contributed by atoms with van der Waals surface area (Å²) in [4.78, 5) is 0. The highest BCUT2D eigenvalue weighted by atomic mass is 35.5. The van der Waals surface area contributed by atoms with Crippen LogP contribution in [0.3, 0.4) is 0 Å². The van der Waals surface area contributed by atoms with Gasteiger partial charge in [-0.15, -0.1) is 0 Å². The second-order valence-electron chi connectivity index (χ2n) is 5.08. The zero-order valence-corrected chi connectivity index (χ0v) is 12.6. The Morgan fingerprint density at radius 1 is 1.28 bits per heavy atom. The zero-order valence-electron chi connectivity index (χ0n) is 11.8. The number of benzene rings is 1. The van der Waals surface area contributed by atoms with Crippen LogP contribution in [-0.4, -0.2) is 13.7 Å². The summed E-state index contributed by atoms with van der Waals surface area (Å²) in [5.41, 5.74) is 1.18. The van der Waals surface area contributed by atoms with Gasteiger partial charge in [0.2, 0.25) is 0 Å². The summed E-state index contributed by atoms with van der Waals surface area (Å²) in [6, 6.07) is 6.30. The monoisotopic (exact) mass is 269 g/mol. The third-order valence-corrected chi connectivity index (χ3v) is 3.37. The molecule has 0 heterocycles. The van der Waals surface area contributed by atoms with E-state index in [9.17, 15) is 0 Å². The van der Waals surface area contributed by atoms with Gasteiger partial charge in [0, 0.05) is 6.04 Å². The molecule has 0 bridgehead atoms. The maximum Gasteiger partial charge on any atom is 0.137 e. The minimum atomic E-state index is 0.303. The molecule has 0 saturated carbocycles. The maximum absolute atomic E-state index is 6.22. The summed E-state index contributed by atoms with van der Waals surface area (Å²) in [5, 5.41) is 3.89. The Kier molecular flexibility index (Phi) is 6.51. The Balaban J connectivity index is 2.52. The van der Waals surface area contributed by atoms with Gasteiger partial charge < -0.3 is 10.1 Å².